The summed E-state index contributed by atoms with van der Waals surface area (Å²) >= 11 is 3.90. The number of β-amino-alcohol motifs (C(OH)–C–C–N with tert-alkyl or cyclic N) is 1. The Morgan fingerprint density at radius 2 is 2.21 bits per heavy atom. The molecule has 106 valence electrons. The Kier molecular flexibility index (Phi) is 4.07. The molecule has 2 fully saturated rings. The first kappa shape index (κ1) is 13.7. The highest BCUT2D eigenvalue weighted by atomic mass is 32.2. The number of rotatable bonds is 2. The molecule has 3 rings (SSSR count). The quantitative estimate of drug-likeness (QED) is 0.862. The van der Waals surface area contributed by atoms with Gasteiger partial charge in [-0.3, -0.25) is 0 Å². The van der Waals surface area contributed by atoms with Gasteiger partial charge < -0.3 is 14.9 Å². The normalized spacial score (nSPS) is 39.6. The molecule has 0 radical (unpaired) electrons. The Balaban J connectivity index is 1.68. The van der Waals surface area contributed by atoms with Crippen molar-refractivity contribution < 1.29 is 9.63 Å². The first-order chi connectivity index (χ1) is 9.13. The Morgan fingerprint density at radius 3 is 2.89 bits per heavy atom. The zero-order valence-corrected chi connectivity index (χ0v) is 12.7. The van der Waals surface area contributed by atoms with Crippen molar-refractivity contribution in [3.8, 4) is 0 Å². The van der Waals surface area contributed by atoms with Crippen molar-refractivity contribution in [3.05, 3.63) is 11.7 Å². The van der Waals surface area contributed by atoms with Crippen molar-refractivity contribution in [1.82, 2.24) is 15.5 Å². The highest BCUT2D eigenvalue weighted by Crippen LogP contribution is 2.43. The van der Waals surface area contributed by atoms with Gasteiger partial charge in [0.1, 0.15) is 0 Å². The van der Waals surface area contributed by atoms with Crippen LogP contribution in [0.3, 0.4) is 0 Å². The summed E-state index contributed by atoms with van der Waals surface area (Å²) in [6, 6.07) is 0.00819. The summed E-state index contributed by atoms with van der Waals surface area (Å²) in [6.07, 6.45) is 0.350. The van der Waals surface area contributed by atoms with Crippen LogP contribution >= 0.6 is 23.5 Å². The van der Waals surface area contributed by atoms with Crippen LogP contribution in [0.25, 0.3) is 0 Å². The van der Waals surface area contributed by atoms with Crippen LogP contribution in [-0.4, -0.2) is 44.1 Å². The van der Waals surface area contributed by atoms with E-state index in [2.05, 4.69) is 29.3 Å². The highest BCUT2D eigenvalue weighted by Gasteiger charge is 2.32. The van der Waals surface area contributed by atoms with Gasteiger partial charge in [0, 0.05) is 22.8 Å². The Morgan fingerprint density at radius 1 is 1.37 bits per heavy atom. The van der Waals surface area contributed by atoms with Gasteiger partial charge in [0.05, 0.1) is 17.4 Å². The molecule has 2 aliphatic heterocycles. The molecule has 0 aromatic carbocycles. The number of aromatic nitrogens is 2. The van der Waals surface area contributed by atoms with E-state index >= 15 is 0 Å². The van der Waals surface area contributed by atoms with Crippen molar-refractivity contribution in [2.75, 3.05) is 12.3 Å². The van der Waals surface area contributed by atoms with Crippen LogP contribution in [0.2, 0.25) is 0 Å². The molecule has 3 heterocycles. The van der Waals surface area contributed by atoms with Crippen molar-refractivity contribution in [1.29, 1.82) is 0 Å². The number of hydrogen-bond donors (Lipinski definition) is 2. The van der Waals surface area contributed by atoms with Gasteiger partial charge in [-0.1, -0.05) is 19.0 Å². The van der Waals surface area contributed by atoms with Crippen LogP contribution in [-0.2, 0) is 0 Å². The van der Waals surface area contributed by atoms with Crippen molar-refractivity contribution in [2.24, 2.45) is 0 Å². The van der Waals surface area contributed by atoms with Crippen molar-refractivity contribution in [3.63, 3.8) is 0 Å². The van der Waals surface area contributed by atoms with Gasteiger partial charge in [-0.2, -0.15) is 16.7 Å². The van der Waals surface area contributed by atoms with Crippen LogP contribution < -0.4 is 5.32 Å². The van der Waals surface area contributed by atoms with E-state index in [-0.39, 0.29) is 12.1 Å². The van der Waals surface area contributed by atoms with E-state index in [9.17, 15) is 5.11 Å². The van der Waals surface area contributed by atoms with E-state index in [4.69, 9.17) is 4.52 Å². The summed E-state index contributed by atoms with van der Waals surface area (Å²) in [4.78, 5) is 4.52. The third-order valence-electron chi connectivity index (χ3n) is 3.70. The topological polar surface area (TPSA) is 71.2 Å². The van der Waals surface area contributed by atoms with Crippen LogP contribution in [0.15, 0.2) is 4.52 Å². The maximum Gasteiger partial charge on any atom is 0.243 e. The van der Waals surface area contributed by atoms with E-state index in [1.54, 1.807) is 0 Å². The fourth-order valence-electron chi connectivity index (χ4n) is 2.34. The first-order valence-electron chi connectivity index (χ1n) is 6.65. The number of nitrogens with zero attached hydrogens (tertiary/aromatic N) is 2. The van der Waals surface area contributed by atoms with Gasteiger partial charge >= 0.3 is 0 Å². The largest absolute Gasteiger partial charge is 0.392 e. The van der Waals surface area contributed by atoms with Gasteiger partial charge in [0.25, 0.3) is 0 Å². The molecule has 2 aliphatic rings. The zero-order chi connectivity index (χ0) is 13.4. The molecule has 5 atom stereocenters. The molecular formula is C12H19N3O2S2. The van der Waals surface area contributed by atoms with Crippen LogP contribution in [0.5, 0.6) is 0 Å². The van der Waals surface area contributed by atoms with Gasteiger partial charge in [0.15, 0.2) is 5.82 Å². The van der Waals surface area contributed by atoms with E-state index in [1.807, 2.05) is 23.5 Å². The molecule has 1 aromatic heterocycles. The van der Waals surface area contributed by atoms with Crippen LogP contribution in [0, 0.1) is 0 Å². The number of hydrogen-bond acceptors (Lipinski definition) is 7. The van der Waals surface area contributed by atoms with E-state index < -0.39 is 0 Å². The summed E-state index contributed by atoms with van der Waals surface area (Å²) in [6.45, 7) is 5.12. The Hall–Kier alpha value is -0.240. The molecule has 7 heteroatoms. The van der Waals surface area contributed by atoms with Crippen LogP contribution in [0.1, 0.15) is 43.3 Å². The van der Waals surface area contributed by atoms with E-state index in [1.165, 1.54) is 0 Å². The molecule has 0 bridgehead atoms. The molecule has 2 saturated heterocycles. The summed E-state index contributed by atoms with van der Waals surface area (Å²) in [5, 5.41) is 18.5. The molecular weight excluding hydrogens is 282 g/mol. The minimum absolute atomic E-state index is 0.00819. The maximum atomic E-state index is 9.52. The van der Waals surface area contributed by atoms with E-state index in [0.29, 0.717) is 34.6 Å². The van der Waals surface area contributed by atoms with Crippen molar-refractivity contribution in [2.45, 2.75) is 48.2 Å². The fourth-order valence-corrected chi connectivity index (χ4v) is 5.18. The standard InChI is InChI=1S/C12H19N3O2S2/c1-6-7(2)19-10(5-18-6)11-14-12(17-15-11)9-3-8(16)4-13-9/h6-10,13,16H,3-5H2,1-2H3/t6?,7?,8-,9-,10?/m1/s1. The van der Waals surface area contributed by atoms with Crippen LogP contribution in [0.4, 0.5) is 0 Å². The SMILES string of the molecule is CC1SCC(c2noc([C@H]3C[C@@H](O)CN3)n2)SC1C. The van der Waals surface area contributed by atoms with Gasteiger partial charge in [0.2, 0.25) is 5.89 Å². The lowest BCUT2D eigenvalue weighted by Crippen LogP contribution is -2.22. The average molecular weight is 301 g/mol. The van der Waals surface area contributed by atoms with Gasteiger partial charge in [-0.25, -0.2) is 0 Å². The molecule has 19 heavy (non-hydrogen) atoms. The minimum atomic E-state index is -0.305. The predicted octanol–water partition coefficient (Wildman–Crippen LogP) is 1.76. The molecule has 2 N–H and O–H groups in total. The van der Waals surface area contributed by atoms with Gasteiger partial charge in [-0.15, -0.1) is 11.8 Å². The minimum Gasteiger partial charge on any atom is -0.392 e. The highest BCUT2D eigenvalue weighted by molar-refractivity contribution is 8.07. The monoisotopic (exact) mass is 301 g/mol. The third kappa shape index (κ3) is 2.94. The molecule has 5 nitrogen and oxygen atoms in total. The molecule has 3 unspecified atom stereocenters. The summed E-state index contributed by atoms with van der Waals surface area (Å²) in [5.41, 5.74) is 0. The molecule has 1 aromatic rings. The predicted molar refractivity (Wildman–Crippen MR) is 77.4 cm³/mol. The zero-order valence-electron chi connectivity index (χ0n) is 11.1. The van der Waals surface area contributed by atoms with E-state index in [0.717, 1.165) is 11.6 Å². The summed E-state index contributed by atoms with van der Waals surface area (Å²) in [5.74, 6) is 2.45. The Labute approximate surface area is 121 Å². The first-order valence-corrected chi connectivity index (χ1v) is 8.64. The number of aliphatic hydroxyl groups is 1. The Bertz CT molecular complexity index is 442. The molecule has 0 saturated carbocycles. The maximum absolute atomic E-state index is 9.52. The van der Waals surface area contributed by atoms with Gasteiger partial charge in [-0.05, 0) is 6.42 Å². The average Bonchev–Trinajstić information content (AvgIpc) is 3.01. The summed E-state index contributed by atoms with van der Waals surface area (Å²) in [7, 11) is 0. The molecule has 0 spiro atoms. The lowest BCUT2D eigenvalue weighted by Gasteiger charge is -2.29. The second-order valence-corrected chi connectivity index (χ2v) is 8.20. The lowest BCUT2D eigenvalue weighted by molar-refractivity contribution is 0.191. The fraction of sp³-hybridized carbons (Fsp3) is 0.833. The smallest absolute Gasteiger partial charge is 0.243 e. The second kappa shape index (κ2) is 5.63. The molecule has 0 aliphatic carbocycles. The number of aliphatic hydroxyl groups excluding tert-OH is 1. The number of nitrogens with one attached hydrogen (secondary N) is 1. The van der Waals surface area contributed by atoms with Crippen molar-refractivity contribution >= 4 is 23.5 Å². The summed E-state index contributed by atoms with van der Waals surface area (Å²) < 4.78 is 5.35. The number of thioether (sulfide) groups is 2. The second-order valence-electron chi connectivity index (χ2n) is 5.21. The third-order valence-corrected chi connectivity index (χ3v) is 7.09. The lowest BCUT2D eigenvalue weighted by atomic mass is 10.2. The molecule has 0 amide bonds.